The van der Waals surface area contributed by atoms with E-state index >= 15 is 0 Å². The van der Waals surface area contributed by atoms with E-state index in [0.717, 1.165) is 19.1 Å². The maximum absolute atomic E-state index is 12.2. The van der Waals surface area contributed by atoms with Crippen molar-refractivity contribution in [2.24, 2.45) is 5.92 Å². The molecule has 2 N–H and O–H groups in total. The SMILES string of the molecule is CS(=O)(=O)c1ccc(NC(=O)c2ccc(NC(=O)C3CC3)cc2)cc1. The van der Waals surface area contributed by atoms with Crippen LogP contribution in [0.3, 0.4) is 0 Å². The monoisotopic (exact) mass is 358 g/mol. The number of hydrogen-bond acceptors (Lipinski definition) is 4. The van der Waals surface area contributed by atoms with Gasteiger partial charge in [-0.3, -0.25) is 9.59 Å². The van der Waals surface area contributed by atoms with Crippen molar-refractivity contribution in [2.75, 3.05) is 16.9 Å². The van der Waals surface area contributed by atoms with E-state index in [4.69, 9.17) is 0 Å². The van der Waals surface area contributed by atoms with Crippen LogP contribution < -0.4 is 10.6 Å². The van der Waals surface area contributed by atoms with Crippen molar-refractivity contribution in [3.63, 3.8) is 0 Å². The van der Waals surface area contributed by atoms with Crippen molar-refractivity contribution in [2.45, 2.75) is 17.7 Å². The van der Waals surface area contributed by atoms with E-state index < -0.39 is 9.84 Å². The Kier molecular flexibility index (Phi) is 4.59. The topological polar surface area (TPSA) is 92.3 Å². The highest BCUT2D eigenvalue weighted by Gasteiger charge is 2.29. The highest BCUT2D eigenvalue weighted by Crippen LogP contribution is 2.30. The minimum atomic E-state index is -3.26. The first-order valence-electron chi connectivity index (χ1n) is 7.85. The summed E-state index contributed by atoms with van der Waals surface area (Å²) in [7, 11) is -3.26. The smallest absolute Gasteiger partial charge is 0.255 e. The molecule has 0 unspecified atom stereocenters. The fraction of sp³-hybridized carbons (Fsp3) is 0.222. The van der Waals surface area contributed by atoms with Gasteiger partial charge in [-0.15, -0.1) is 0 Å². The van der Waals surface area contributed by atoms with E-state index in [-0.39, 0.29) is 22.6 Å². The molecular weight excluding hydrogens is 340 g/mol. The average molecular weight is 358 g/mol. The van der Waals surface area contributed by atoms with Crippen LogP contribution in [0.5, 0.6) is 0 Å². The Morgan fingerprint density at radius 1 is 0.880 bits per heavy atom. The second-order valence-electron chi connectivity index (χ2n) is 6.09. The van der Waals surface area contributed by atoms with Gasteiger partial charge in [-0.05, 0) is 61.4 Å². The van der Waals surface area contributed by atoms with Crippen LogP contribution in [-0.2, 0) is 14.6 Å². The molecule has 1 aliphatic rings. The Labute approximate surface area is 146 Å². The van der Waals surface area contributed by atoms with Gasteiger partial charge < -0.3 is 10.6 Å². The van der Waals surface area contributed by atoms with Gasteiger partial charge in [0.1, 0.15) is 0 Å². The number of carbonyl (C=O) groups is 2. The van der Waals surface area contributed by atoms with E-state index in [9.17, 15) is 18.0 Å². The van der Waals surface area contributed by atoms with Crippen LogP contribution in [0.1, 0.15) is 23.2 Å². The summed E-state index contributed by atoms with van der Waals surface area (Å²) < 4.78 is 22.8. The Balaban J connectivity index is 1.63. The minimum absolute atomic E-state index is 0.0168. The van der Waals surface area contributed by atoms with E-state index in [1.54, 1.807) is 36.4 Å². The molecule has 1 aliphatic carbocycles. The molecule has 2 aromatic carbocycles. The van der Waals surface area contributed by atoms with Crippen molar-refractivity contribution < 1.29 is 18.0 Å². The Morgan fingerprint density at radius 2 is 1.40 bits per heavy atom. The zero-order valence-corrected chi connectivity index (χ0v) is 14.5. The van der Waals surface area contributed by atoms with E-state index in [1.165, 1.54) is 12.1 Å². The lowest BCUT2D eigenvalue weighted by Gasteiger charge is -2.08. The van der Waals surface area contributed by atoms with E-state index in [1.807, 2.05) is 0 Å². The molecule has 2 amide bonds. The summed E-state index contributed by atoms with van der Waals surface area (Å²) in [5.41, 5.74) is 1.60. The van der Waals surface area contributed by atoms with Gasteiger partial charge in [-0.2, -0.15) is 0 Å². The van der Waals surface area contributed by atoms with Crippen LogP contribution >= 0.6 is 0 Å². The van der Waals surface area contributed by atoms with Crippen molar-refractivity contribution in [3.8, 4) is 0 Å². The molecule has 0 atom stereocenters. The third kappa shape index (κ3) is 4.45. The first-order chi connectivity index (χ1) is 11.8. The molecular formula is C18H18N2O4S. The first-order valence-corrected chi connectivity index (χ1v) is 9.74. The highest BCUT2D eigenvalue weighted by molar-refractivity contribution is 7.90. The number of nitrogens with one attached hydrogen (secondary N) is 2. The molecule has 0 aromatic heterocycles. The minimum Gasteiger partial charge on any atom is -0.326 e. The number of sulfone groups is 1. The van der Waals surface area contributed by atoms with Crippen LogP contribution in [0.2, 0.25) is 0 Å². The fourth-order valence-electron chi connectivity index (χ4n) is 2.28. The lowest BCUT2D eigenvalue weighted by atomic mass is 10.2. The zero-order chi connectivity index (χ0) is 18.0. The largest absolute Gasteiger partial charge is 0.326 e. The van der Waals surface area contributed by atoms with Crippen molar-refractivity contribution >= 4 is 33.0 Å². The molecule has 2 aromatic rings. The lowest BCUT2D eigenvalue weighted by molar-refractivity contribution is -0.117. The molecule has 0 aliphatic heterocycles. The summed E-state index contributed by atoms with van der Waals surface area (Å²) in [6.07, 6.45) is 3.00. The molecule has 0 radical (unpaired) electrons. The Hall–Kier alpha value is -2.67. The Bertz CT molecular complexity index is 899. The van der Waals surface area contributed by atoms with Gasteiger partial charge >= 0.3 is 0 Å². The van der Waals surface area contributed by atoms with Gasteiger partial charge in [0.05, 0.1) is 4.90 Å². The van der Waals surface area contributed by atoms with Gasteiger partial charge in [0.25, 0.3) is 5.91 Å². The molecule has 130 valence electrons. The summed E-state index contributed by atoms with van der Waals surface area (Å²) in [4.78, 5) is 24.1. The van der Waals surface area contributed by atoms with Crippen LogP contribution in [-0.4, -0.2) is 26.5 Å². The summed E-state index contributed by atoms with van der Waals surface area (Å²) in [6.45, 7) is 0. The molecule has 0 bridgehead atoms. The quantitative estimate of drug-likeness (QED) is 0.859. The van der Waals surface area contributed by atoms with Gasteiger partial charge in [0.15, 0.2) is 9.84 Å². The van der Waals surface area contributed by atoms with Crippen LogP contribution in [0, 0.1) is 5.92 Å². The molecule has 0 spiro atoms. The zero-order valence-electron chi connectivity index (χ0n) is 13.7. The van der Waals surface area contributed by atoms with Crippen molar-refractivity contribution in [1.29, 1.82) is 0 Å². The third-order valence-corrected chi connectivity index (χ3v) is 5.03. The number of rotatable bonds is 5. The molecule has 1 saturated carbocycles. The van der Waals surface area contributed by atoms with Gasteiger partial charge in [-0.25, -0.2) is 8.42 Å². The molecule has 1 fully saturated rings. The van der Waals surface area contributed by atoms with Gasteiger partial charge in [0, 0.05) is 29.1 Å². The molecule has 6 nitrogen and oxygen atoms in total. The lowest BCUT2D eigenvalue weighted by Crippen LogP contribution is -2.14. The second-order valence-corrected chi connectivity index (χ2v) is 8.11. The second kappa shape index (κ2) is 6.68. The van der Waals surface area contributed by atoms with Crippen molar-refractivity contribution in [3.05, 3.63) is 54.1 Å². The summed E-state index contributed by atoms with van der Waals surface area (Å²) in [6, 6.07) is 12.6. The van der Waals surface area contributed by atoms with Crippen molar-refractivity contribution in [1.82, 2.24) is 0 Å². The normalized spacial score (nSPS) is 14.0. The van der Waals surface area contributed by atoms with Gasteiger partial charge in [-0.1, -0.05) is 0 Å². The van der Waals surface area contributed by atoms with Crippen LogP contribution in [0.15, 0.2) is 53.4 Å². The van der Waals surface area contributed by atoms with Crippen LogP contribution in [0.25, 0.3) is 0 Å². The maximum atomic E-state index is 12.2. The predicted molar refractivity (Wildman–Crippen MR) is 95.3 cm³/mol. The third-order valence-electron chi connectivity index (χ3n) is 3.90. The van der Waals surface area contributed by atoms with Gasteiger partial charge in [0.2, 0.25) is 5.91 Å². The maximum Gasteiger partial charge on any atom is 0.255 e. The molecule has 3 rings (SSSR count). The number of benzene rings is 2. The number of carbonyl (C=O) groups excluding carboxylic acids is 2. The number of amides is 2. The summed E-state index contributed by atoms with van der Waals surface area (Å²) >= 11 is 0. The molecule has 0 saturated heterocycles. The van der Waals surface area contributed by atoms with E-state index in [0.29, 0.717) is 16.9 Å². The summed E-state index contributed by atoms with van der Waals surface area (Å²) in [5, 5.41) is 5.52. The van der Waals surface area contributed by atoms with Crippen LogP contribution in [0.4, 0.5) is 11.4 Å². The standard InChI is InChI=1S/C18H18N2O4S/c1-25(23,24)16-10-8-15(9-11-16)20-18(22)13-4-6-14(7-5-13)19-17(21)12-2-3-12/h4-12H,2-3H2,1H3,(H,19,21)(H,20,22). The molecule has 0 heterocycles. The Morgan fingerprint density at radius 3 is 1.92 bits per heavy atom. The number of hydrogen-bond donors (Lipinski definition) is 2. The molecule has 7 heteroatoms. The summed E-state index contributed by atoms with van der Waals surface area (Å²) in [5.74, 6) is -0.173. The highest BCUT2D eigenvalue weighted by atomic mass is 32.2. The molecule has 25 heavy (non-hydrogen) atoms. The fourth-order valence-corrected chi connectivity index (χ4v) is 2.91. The predicted octanol–water partition coefficient (Wildman–Crippen LogP) is 2.69. The van der Waals surface area contributed by atoms with E-state index in [2.05, 4.69) is 10.6 Å². The average Bonchev–Trinajstić information content (AvgIpc) is 3.40. The first kappa shape index (κ1) is 17.2. The number of anilines is 2.